The maximum Gasteiger partial charge on any atom is 0.408 e. The molecule has 0 unspecified atom stereocenters. The molecule has 1 aliphatic heterocycles. The van der Waals surface area contributed by atoms with Crippen molar-refractivity contribution in [2.45, 2.75) is 26.1 Å². The van der Waals surface area contributed by atoms with E-state index in [9.17, 15) is 13.2 Å². The van der Waals surface area contributed by atoms with Crippen LogP contribution >= 0.6 is 12.4 Å². The molecule has 114 valence electrons. The molecule has 0 bridgehead atoms. The van der Waals surface area contributed by atoms with Crippen LogP contribution in [0.3, 0.4) is 0 Å². The van der Waals surface area contributed by atoms with Gasteiger partial charge in [0.15, 0.2) is 0 Å². The molecule has 0 radical (unpaired) electrons. The summed E-state index contributed by atoms with van der Waals surface area (Å²) in [5, 5.41) is 3.09. The lowest BCUT2D eigenvalue weighted by Crippen LogP contribution is -2.49. The minimum atomic E-state index is -4.24. The number of hydrogen-bond donors (Lipinski definition) is 1. The van der Waals surface area contributed by atoms with Gasteiger partial charge in [0.25, 0.3) is 0 Å². The number of nitrogens with zero attached hydrogens (tertiary/aromatic N) is 1. The first kappa shape index (κ1) is 17.3. The fourth-order valence-corrected chi connectivity index (χ4v) is 2.75. The number of piperazine rings is 1. The van der Waals surface area contributed by atoms with E-state index in [2.05, 4.69) is 5.32 Å². The molecule has 0 aromatic heterocycles. The Bertz CT molecular complexity index is 422. The summed E-state index contributed by atoms with van der Waals surface area (Å²) >= 11 is 0. The lowest BCUT2D eigenvalue weighted by Gasteiger charge is -2.37. The van der Waals surface area contributed by atoms with Crippen molar-refractivity contribution in [3.05, 3.63) is 34.9 Å². The molecule has 0 spiro atoms. The average molecular weight is 309 g/mol. The molecular weight excluding hydrogens is 289 g/mol. The van der Waals surface area contributed by atoms with Gasteiger partial charge in [-0.1, -0.05) is 18.2 Å². The minimum Gasteiger partial charge on any atom is -0.314 e. The molecule has 2 nitrogen and oxygen atoms in total. The van der Waals surface area contributed by atoms with Crippen molar-refractivity contribution < 1.29 is 13.2 Å². The molecule has 1 heterocycles. The standard InChI is InChI=1S/C14H19F3N2.ClH/c1-10-4-3-5-11(2)12(10)13(14(15,16)17)19-8-6-18-7-9-19;/h3-5,13,18H,6-9H2,1-2H3;1H/t13-;/m0./s1. The van der Waals surface area contributed by atoms with E-state index < -0.39 is 12.2 Å². The maximum atomic E-state index is 13.5. The normalized spacial score (nSPS) is 18.4. The third-order valence-electron chi connectivity index (χ3n) is 3.64. The van der Waals surface area contributed by atoms with Gasteiger partial charge in [0, 0.05) is 26.2 Å². The van der Waals surface area contributed by atoms with Crippen LogP contribution in [0.25, 0.3) is 0 Å². The lowest BCUT2D eigenvalue weighted by atomic mass is 9.94. The molecule has 1 N–H and O–H groups in total. The fourth-order valence-electron chi connectivity index (χ4n) is 2.75. The topological polar surface area (TPSA) is 15.3 Å². The molecule has 0 saturated carbocycles. The highest BCUT2D eigenvalue weighted by Crippen LogP contribution is 2.40. The number of alkyl halides is 3. The Morgan fingerprint density at radius 2 is 1.60 bits per heavy atom. The Labute approximate surface area is 123 Å². The van der Waals surface area contributed by atoms with Crippen molar-refractivity contribution in [2.24, 2.45) is 0 Å². The van der Waals surface area contributed by atoms with Gasteiger partial charge >= 0.3 is 6.18 Å². The summed E-state index contributed by atoms with van der Waals surface area (Å²) in [6, 6.07) is 3.82. The van der Waals surface area contributed by atoms with Crippen LogP contribution in [-0.4, -0.2) is 37.3 Å². The van der Waals surface area contributed by atoms with Crippen molar-refractivity contribution in [1.82, 2.24) is 10.2 Å². The van der Waals surface area contributed by atoms with Crippen molar-refractivity contribution in [2.75, 3.05) is 26.2 Å². The number of nitrogens with one attached hydrogen (secondary N) is 1. The van der Waals surface area contributed by atoms with E-state index in [1.807, 2.05) is 0 Å². The van der Waals surface area contributed by atoms with Gasteiger partial charge in [-0.15, -0.1) is 12.4 Å². The van der Waals surface area contributed by atoms with Crippen LogP contribution in [0.1, 0.15) is 22.7 Å². The van der Waals surface area contributed by atoms with Gasteiger partial charge in [0.05, 0.1) is 0 Å². The highest BCUT2D eigenvalue weighted by atomic mass is 35.5. The molecule has 0 amide bonds. The van der Waals surface area contributed by atoms with Crippen LogP contribution in [-0.2, 0) is 0 Å². The van der Waals surface area contributed by atoms with Gasteiger partial charge in [-0.05, 0) is 30.5 Å². The number of halogens is 4. The number of rotatable bonds is 2. The SMILES string of the molecule is Cc1cccc(C)c1[C@H](N1CCNCC1)C(F)(F)F.Cl. The maximum absolute atomic E-state index is 13.5. The quantitative estimate of drug-likeness (QED) is 0.902. The van der Waals surface area contributed by atoms with E-state index in [4.69, 9.17) is 0 Å². The van der Waals surface area contributed by atoms with Gasteiger partial charge in [0.2, 0.25) is 0 Å². The van der Waals surface area contributed by atoms with E-state index in [0.717, 1.165) is 0 Å². The van der Waals surface area contributed by atoms with Crippen LogP contribution in [0.15, 0.2) is 18.2 Å². The summed E-state index contributed by atoms with van der Waals surface area (Å²) in [5.74, 6) is 0. The fraction of sp³-hybridized carbons (Fsp3) is 0.571. The first-order chi connectivity index (χ1) is 8.91. The molecule has 1 fully saturated rings. The molecule has 1 atom stereocenters. The summed E-state index contributed by atoms with van der Waals surface area (Å²) < 4.78 is 40.5. The summed E-state index contributed by atoms with van der Waals surface area (Å²) in [5.41, 5.74) is 1.83. The van der Waals surface area contributed by atoms with E-state index in [1.54, 1.807) is 32.0 Å². The minimum absolute atomic E-state index is 0. The molecule has 0 aliphatic carbocycles. The van der Waals surface area contributed by atoms with E-state index in [-0.39, 0.29) is 12.4 Å². The summed E-state index contributed by atoms with van der Waals surface area (Å²) in [7, 11) is 0. The highest BCUT2D eigenvalue weighted by molar-refractivity contribution is 5.85. The molecule has 6 heteroatoms. The molecular formula is C14H20ClF3N2. The number of hydrogen-bond acceptors (Lipinski definition) is 2. The highest BCUT2D eigenvalue weighted by Gasteiger charge is 2.45. The second-order valence-corrected chi connectivity index (χ2v) is 5.04. The van der Waals surface area contributed by atoms with Crippen LogP contribution in [0.5, 0.6) is 0 Å². The summed E-state index contributed by atoms with van der Waals surface area (Å²) in [6.07, 6.45) is -4.24. The van der Waals surface area contributed by atoms with Gasteiger partial charge < -0.3 is 5.32 Å². The molecule has 1 saturated heterocycles. The first-order valence-corrected chi connectivity index (χ1v) is 6.49. The Hall–Kier alpha value is -0.780. The Morgan fingerprint density at radius 1 is 1.10 bits per heavy atom. The van der Waals surface area contributed by atoms with Crippen LogP contribution in [0, 0.1) is 13.8 Å². The molecule has 1 aliphatic rings. The predicted octanol–water partition coefficient (Wildman–Crippen LogP) is 3.23. The smallest absolute Gasteiger partial charge is 0.314 e. The zero-order chi connectivity index (χ0) is 14.0. The first-order valence-electron chi connectivity index (χ1n) is 6.49. The largest absolute Gasteiger partial charge is 0.408 e. The zero-order valence-corrected chi connectivity index (χ0v) is 12.4. The van der Waals surface area contributed by atoms with Crippen molar-refractivity contribution in [3.8, 4) is 0 Å². The van der Waals surface area contributed by atoms with E-state index >= 15 is 0 Å². The van der Waals surface area contributed by atoms with Crippen LogP contribution < -0.4 is 5.32 Å². The van der Waals surface area contributed by atoms with E-state index in [0.29, 0.717) is 42.9 Å². The van der Waals surface area contributed by atoms with Crippen molar-refractivity contribution >= 4 is 12.4 Å². The van der Waals surface area contributed by atoms with Crippen LogP contribution in [0.4, 0.5) is 13.2 Å². The molecule has 2 rings (SSSR count). The van der Waals surface area contributed by atoms with Gasteiger partial charge in [-0.25, -0.2) is 0 Å². The van der Waals surface area contributed by atoms with Gasteiger partial charge in [-0.2, -0.15) is 13.2 Å². The third kappa shape index (κ3) is 3.65. The predicted molar refractivity (Wildman–Crippen MR) is 76.4 cm³/mol. The van der Waals surface area contributed by atoms with Gasteiger partial charge in [0.1, 0.15) is 6.04 Å². The van der Waals surface area contributed by atoms with Crippen molar-refractivity contribution in [1.29, 1.82) is 0 Å². The van der Waals surface area contributed by atoms with Gasteiger partial charge in [-0.3, -0.25) is 4.90 Å². The monoisotopic (exact) mass is 308 g/mol. The second-order valence-electron chi connectivity index (χ2n) is 5.04. The molecule has 1 aromatic carbocycles. The average Bonchev–Trinajstić information content (AvgIpc) is 2.33. The Morgan fingerprint density at radius 3 is 2.05 bits per heavy atom. The molecule has 20 heavy (non-hydrogen) atoms. The summed E-state index contributed by atoms with van der Waals surface area (Å²) in [4.78, 5) is 1.53. The van der Waals surface area contributed by atoms with Crippen LogP contribution in [0.2, 0.25) is 0 Å². The second kappa shape index (κ2) is 6.78. The molecule has 1 aromatic rings. The number of benzene rings is 1. The zero-order valence-electron chi connectivity index (χ0n) is 11.6. The lowest BCUT2D eigenvalue weighted by molar-refractivity contribution is -0.188. The summed E-state index contributed by atoms with van der Waals surface area (Å²) in [6.45, 7) is 5.58. The van der Waals surface area contributed by atoms with E-state index in [1.165, 1.54) is 4.90 Å². The Kier molecular flexibility index (Phi) is 5.86. The van der Waals surface area contributed by atoms with Crippen molar-refractivity contribution in [3.63, 3.8) is 0 Å². The Balaban J connectivity index is 0.00000200. The number of aryl methyl sites for hydroxylation is 2. The third-order valence-corrected chi connectivity index (χ3v) is 3.64.